The summed E-state index contributed by atoms with van der Waals surface area (Å²) in [5.74, 6) is -1.42. The number of rotatable bonds is 8. The van der Waals surface area contributed by atoms with Crippen molar-refractivity contribution in [2.75, 3.05) is 13.1 Å². The molecule has 0 aliphatic heterocycles. The minimum absolute atomic E-state index is 0.0265. The molecule has 0 aromatic heterocycles. The fourth-order valence-corrected chi connectivity index (χ4v) is 1.03. The summed E-state index contributed by atoms with van der Waals surface area (Å²) in [5, 5.41) is 22.9. The van der Waals surface area contributed by atoms with E-state index < -0.39 is 12.1 Å². The molecule has 0 aromatic rings. The number of carboxylic acids is 1. The number of carboxylic acid groups (broad SMARTS) is 1. The van der Waals surface area contributed by atoms with E-state index >= 15 is 0 Å². The quantitative estimate of drug-likeness (QED) is 0.445. The van der Waals surface area contributed by atoms with Gasteiger partial charge in [-0.25, -0.2) is 4.79 Å². The zero-order valence-corrected chi connectivity index (χ0v) is 9.69. The number of hydrogen-bond acceptors (Lipinski definition) is 4. The smallest absolute Gasteiger partial charge is 0.332 e. The number of aliphatic hydroxyl groups is 1. The number of aliphatic carboxylic acids is 1. The molecule has 0 rings (SSSR count). The van der Waals surface area contributed by atoms with Gasteiger partial charge in [0.15, 0.2) is 6.10 Å². The minimum Gasteiger partial charge on any atom is -0.479 e. The number of amides is 1. The van der Waals surface area contributed by atoms with Crippen LogP contribution in [0.3, 0.4) is 0 Å². The number of aliphatic hydroxyl groups excluding tert-OH is 1. The van der Waals surface area contributed by atoms with Crippen molar-refractivity contribution in [2.45, 2.75) is 38.8 Å². The van der Waals surface area contributed by atoms with Gasteiger partial charge in [-0.05, 0) is 0 Å². The summed E-state index contributed by atoms with van der Waals surface area (Å²) >= 11 is 0. The third kappa shape index (κ3) is 8.19. The number of hydrogen-bond donors (Lipinski definition) is 4. The van der Waals surface area contributed by atoms with E-state index in [1.54, 1.807) is 0 Å². The molecule has 0 bridgehead atoms. The van der Waals surface area contributed by atoms with Crippen LogP contribution in [0.4, 0.5) is 0 Å². The van der Waals surface area contributed by atoms with Crippen LogP contribution in [-0.4, -0.2) is 47.3 Å². The van der Waals surface area contributed by atoms with Crippen LogP contribution >= 0.6 is 0 Å². The average molecular weight is 232 g/mol. The normalized spacial score (nSPS) is 12.5. The van der Waals surface area contributed by atoms with Crippen LogP contribution in [0.1, 0.15) is 26.7 Å². The zero-order chi connectivity index (χ0) is 12.6. The Labute approximate surface area is 95.0 Å². The van der Waals surface area contributed by atoms with Crippen LogP contribution in [0.15, 0.2) is 0 Å². The van der Waals surface area contributed by atoms with Gasteiger partial charge in [-0.1, -0.05) is 13.8 Å². The molecule has 0 saturated carbocycles. The molecule has 0 aliphatic carbocycles. The summed E-state index contributed by atoms with van der Waals surface area (Å²) in [6.07, 6.45) is -1.03. The fraction of sp³-hybridized carbons (Fsp3) is 0.800. The first-order valence-corrected chi connectivity index (χ1v) is 5.34. The molecule has 0 spiro atoms. The van der Waals surface area contributed by atoms with Crippen LogP contribution in [0.25, 0.3) is 0 Å². The molecule has 94 valence electrons. The van der Waals surface area contributed by atoms with Gasteiger partial charge in [-0.2, -0.15) is 0 Å². The second-order valence-electron chi connectivity index (χ2n) is 3.85. The first kappa shape index (κ1) is 14.9. The molecule has 1 atom stereocenters. The SMILES string of the molecule is CC(C)NCCC(=O)NCC[C@H](O)C(=O)O. The molecule has 0 radical (unpaired) electrons. The highest BCUT2D eigenvalue weighted by Crippen LogP contribution is 1.90. The third-order valence-electron chi connectivity index (χ3n) is 1.93. The first-order valence-electron chi connectivity index (χ1n) is 5.34. The standard InChI is InChI=1S/C10H20N2O4/c1-7(2)11-6-4-9(14)12-5-3-8(13)10(15)16/h7-8,11,13H,3-6H2,1-2H3,(H,12,14)(H,15,16)/t8-/m0/s1. The molecule has 6 nitrogen and oxygen atoms in total. The van der Waals surface area contributed by atoms with E-state index in [9.17, 15) is 9.59 Å². The second-order valence-corrected chi connectivity index (χ2v) is 3.85. The van der Waals surface area contributed by atoms with Gasteiger partial charge in [0.2, 0.25) is 5.91 Å². The van der Waals surface area contributed by atoms with Crippen LogP contribution < -0.4 is 10.6 Å². The van der Waals surface area contributed by atoms with E-state index in [1.165, 1.54) is 0 Å². The van der Waals surface area contributed by atoms with Crippen molar-refractivity contribution in [3.05, 3.63) is 0 Å². The lowest BCUT2D eigenvalue weighted by atomic mass is 10.2. The molecular formula is C10H20N2O4. The molecular weight excluding hydrogens is 212 g/mol. The molecule has 1 amide bonds. The van der Waals surface area contributed by atoms with E-state index in [-0.39, 0.29) is 18.9 Å². The van der Waals surface area contributed by atoms with Gasteiger partial charge in [-0.3, -0.25) is 4.79 Å². The maximum absolute atomic E-state index is 11.2. The van der Waals surface area contributed by atoms with E-state index in [2.05, 4.69) is 10.6 Å². The Morgan fingerprint density at radius 2 is 1.88 bits per heavy atom. The van der Waals surface area contributed by atoms with Crippen molar-refractivity contribution in [3.63, 3.8) is 0 Å². The van der Waals surface area contributed by atoms with E-state index in [4.69, 9.17) is 10.2 Å². The summed E-state index contributed by atoms with van der Waals surface area (Å²) in [6, 6.07) is 0.335. The van der Waals surface area contributed by atoms with E-state index in [0.29, 0.717) is 19.0 Å². The molecule has 0 fully saturated rings. The van der Waals surface area contributed by atoms with Gasteiger partial charge in [0, 0.05) is 32.0 Å². The summed E-state index contributed by atoms with van der Waals surface area (Å²) in [4.78, 5) is 21.4. The van der Waals surface area contributed by atoms with E-state index in [1.807, 2.05) is 13.8 Å². The van der Waals surface area contributed by atoms with Crippen molar-refractivity contribution >= 4 is 11.9 Å². The molecule has 0 unspecified atom stereocenters. The Morgan fingerprint density at radius 1 is 1.25 bits per heavy atom. The predicted molar refractivity (Wildman–Crippen MR) is 59.0 cm³/mol. The maximum Gasteiger partial charge on any atom is 0.332 e. The highest BCUT2D eigenvalue weighted by Gasteiger charge is 2.12. The summed E-state index contributed by atoms with van der Waals surface area (Å²) in [5.41, 5.74) is 0. The van der Waals surface area contributed by atoms with Gasteiger partial charge in [0.25, 0.3) is 0 Å². The topological polar surface area (TPSA) is 98.7 Å². The Morgan fingerprint density at radius 3 is 2.38 bits per heavy atom. The minimum atomic E-state index is -1.41. The fourth-order valence-electron chi connectivity index (χ4n) is 1.03. The predicted octanol–water partition coefficient (Wildman–Crippen LogP) is -0.674. The molecule has 0 aromatic carbocycles. The Hall–Kier alpha value is -1.14. The third-order valence-corrected chi connectivity index (χ3v) is 1.93. The van der Waals surface area contributed by atoms with Gasteiger partial charge < -0.3 is 20.8 Å². The number of carbonyl (C=O) groups is 2. The summed E-state index contributed by atoms with van der Waals surface area (Å²) in [7, 11) is 0. The van der Waals surface area contributed by atoms with Crippen molar-refractivity contribution in [1.29, 1.82) is 0 Å². The van der Waals surface area contributed by atoms with Crippen LogP contribution in [-0.2, 0) is 9.59 Å². The van der Waals surface area contributed by atoms with Crippen LogP contribution in [0.2, 0.25) is 0 Å². The largest absolute Gasteiger partial charge is 0.479 e. The Kier molecular flexibility index (Phi) is 7.49. The van der Waals surface area contributed by atoms with Crippen molar-refractivity contribution < 1.29 is 19.8 Å². The molecule has 0 saturated heterocycles. The molecule has 0 aliphatic rings. The van der Waals surface area contributed by atoms with Crippen molar-refractivity contribution in [3.8, 4) is 0 Å². The highest BCUT2D eigenvalue weighted by atomic mass is 16.4. The first-order chi connectivity index (χ1) is 7.43. The second kappa shape index (κ2) is 8.06. The highest BCUT2D eigenvalue weighted by molar-refractivity contribution is 5.76. The van der Waals surface area contributed by atoms with Gasteiger partial charge >= 0.3 is 5.97 Å². The van der Waals surface area contributed by atoms with E-state index in [0.717, 1.165) is 0 Å². The monoisotopic (exact) mass is 232 g/mol. The average Bonchev–Trinajstić information content (AvgIpc) is 2.16. The lowest BCUT2D eigenvalue weighted by molar-refractivity contribution is -0.147. The maximum atomic E-state index is 11.2. The lowest BCUT2D eigenvalue weighted by Crippen LogP contribution is -2.33. The lowest BCUT2D eigenvalue weighted by Gasteiger charge is -2.09. The van der Waals surface area contributed by atoms with Crippen LogP contribution in [0.5, 0.6) is 0 Å². The van der Waals surface area contributed by atoms with Crippen molar-refractivity contribution in [1.82, 2.24) is 10.6 Å². The number of nitrogens with one attached hydrogen (secondary N) is 2. The van der Waals surface area contributed by atoms with Gasteiger partial charge in [0.05, 0.1) is 0 Å². The summed E-state index contributed by atoms with van der Waals surface area (Å²) < 4.78 is 0. The molecule has 16 heavy (non-hydrogen) atoms. The molecule has 4 N–H and O–H groups in total. The molecule has 6 heteroatoms. The van der Waals surface area contributed by atoms with Gasteiger partial charge in [0.1, 0.15) is 0 Å². The summed E-state index contributed by atoms with van der Waals surface area (Å²) in [6.45, 7) is 4.74. The zero-order valence-electron chi connectivity index (χ0n) is 9.69. The van der Waals surface area contributed by atoms with Gasteiger partial charge in [-0.15, -0.1) is 0 Å². The number of carbonyl (C=O) groups excluding carboxylic acids is 1. The molecule has 0 heterocycles. The van der Waals surface area contributed by atoms with Crippen molar-refractivity contribution in [2.24, 2.45) is 0 Å². The Balaban J connectivity index is 3.47. The van der Waals surface area contributed by atoms with Crippen LogP contribution in [0, 0.1) is 0 Å². The Bertz CT molecular complexity index is 231.